The third-order valence-corrected chi connectivity index (χ3v) is 8.16. The highest BCUT2D eigenvalue weighted by molar-refractivity contribution is 7.88. The molecule has 194 valence electrons. The molecular formula is C25H34N6O2S3. The molecule has 0 saturated carbocycles. The van der Waals surface area contributed by atoms with Crippen LogP contribution >= 0.6 is 22.7 Å². The second-order valence-corrected chi connectivity index (χ2v) is 12.5. The van der Waals surface area contributed by atoms with Crippen LogP contribution < -0.4 is 15.4 Å². The van der Waals surface area contributed by atoms with E-state index in [9.17, 15) is 8.42 Å². The first-order chi connectivity index (χ1) is 17.2. The van der Waals surface area contributed by atoms with Gasteiger partial charge in [0.1, 0.15) is 10.8 Å². The van der Waals surface area contributed by atoms with E-state index >= 15 is 0 Å². The summed E-state index contributed by atoms with van der Waals surface area (Å²) in [5, 5.41) is 9.72. The third kappa shape index (κ3) is 8.22. The quantitative estimate of drug-likeness (QED) is 0.230. The van der Waals surface area contributed by atoms with Gasteiger partial charge < -0.3 is 10.6 Å². The Morgan fingerprint density at radius 3 is 2.67 bits per heavy atom. The molecule has 11 heteroatoms. The Balaban J connectivity index is 1.85. The van der Waals surface area contributed by atoms with E-state index in [1.165, 1.54) is 11.1 Å². The molecule has 3 N–H and O–H groups in total. The standard InChI is InChI=1S/C25H34N6O2S3/c1-6-8-11-21-18(4)35-24(30-21)22-17(3)29-25(27-16-20-10-9-14-34-20)31-23(22)26-13-12-19(7-2)15-28-36(5,32)33/h6,8-11,14,19,28H,1,7,12-13,15-16H2,2-5H3,(H2,26,27,29,31)/b11-8-. The topological polar surface area (TPSA) is 109 Å². The Hall–Kier alpha value is -2.60. The number of nitrogens with one attached hydrogen (secondary N) is 3. The van der Waals surface area contributed by atoms with E-state index < -0.39 is 10.0 Å². The second kappa shape index (κ2) is 13.1. The van der Waals surface area contributed by atoms with Gasteiger partial charge in [0.25, 0.3) is 0 Å². The van der Waals surface area contributed by atoms with Crippen LogP contribution in [0.5, 0.6) is 0 Å². The van der Waals surface area contributed by atoms with Crippen molar-refractivity contribution in [2.45, 2.75) is 40.2 Å². The zero-order valence-electron chi connectivity index (χ0n) is 21.2. The number of hydrogen-bond donors (Lipinski definition) is 3. The summed E-state index contributed by atoms with van der Waals surface area (Å²) in [6.07, 6.45) is 8.41. The lowest BCUT2D eigenvalue weighted by Gasteiger charge is -2.17. The average Bonchev–Trinajstić information content (AvgIpc) is 3.47. The molecule has 0 spiro atoms. The highest BCUT2D eigenvalue weighted by Crippen LogP contribution is 2.35. The highest BCUT2D eigenvalue weighted by Gasteiger charge is 2.19. The van der Waals surface area contributed by atoms with E-state index in [2.05, 4.69) is 34.9 Å². The number of aryl methyl sites for hydroxylation is 2. The monoisotopic (exact) mass is 546 g/mol. The number of thiazole rings is 1. The van der Waals surface area contributed by atoms with Gasteiger partial charge in [-0.2, -0.15) is 4.98 Å². The van der Waals surface area contributed by atoms with Crippen molar-refractivity contribution in [3.63, 3.8) is 0 Å². The van der Waals surface area contributed by atoms with Crippen LogP contribution in [0.3, 0.4) is 0 Å². The first kappa shape index (κ1) is 28.0. The molecule has 0 amide bonds. The zero-order chi connectivity index (χ0) is 26.1. The van der Waals surface area contributed by atoms with Crippen molar-refractivity contribution >= 4 is 50.5 Å². The molecule has 0 aliphatic rings. The number of anilines is 2. The van der Waals surface area contributed by atoms with Gasteiger partial charge in [-0.25, -0.2) is 23.1 Å². The first-order valence-corrected chi connectivity index (χ1v) is 15.4. The molecule has 0 saturated heterocycles. The van der Waals surface area contributed by atoms with Gasteiger partial charge in [-0.1, -0.05) is 38.1 Å². The maximum absolute atomic E-state index is 11.5. The summed E-state index contributed by atoms with van der Waals surface area (Å²) in [4.78, 5) is 16.7. The molecule has 3 aromatic heterocycles. The summed E-state index contributed by atoms with van der Waals surface area (Å²) in [7, 11) is -3.21. The molecule has 0 aromatic carbocycles. The molecule has 8 nitrogen and oxygen atoms in total. The average molecular weight is 547 g/mol. The lowest BCUT2D eigenvalue weighted by molar-refractivity contribution is 0.472. The Kier molecular flexibility index (Phi) is 10.2. The Morgan fingerprint density at radius 1 is 1.19 bits per heavy atom. The minimum absolute atomic E-state index is 0.216. The molecule has 1 unspecified atom stereocenters. The molecule has 1 atom stereocenters. The second-order valence-electron chi connectivity index (χ2n) is 8.45. The Labute approximate surface area is 222 Å². The number of rotatable bonds is 14. The number of aromatic nitrogens is 3. The fourth-order valence-electron chi connectivity index (χ4n) is 3.56. The normalized spacial score (nSPS) is 12.7. The van der Waals surface area contributed by atoms with Crippen molar-refractivity contribution in [2.24, 2.45) is 5.92 Å². The van der Waals surface area contributed by atoms with E-state index in [-0.39, 0.29) is 5.92 Å². The van der Waals surface area contributed by atoms with Crippen LogP contribution in [0.1, 0.15) is 40.9 Å². The fraction of sp³-hybridized carbons (Fsp3) is 0.400. The maximum atomic E-state index is 11.5. The largest absolute Gasteiger partial charge is 0.369 e. The van der Waals surface area contributed by atoms with Crippen molar-refractivity contribution in [2.75, 3.05) is 30.0 Å². The van der Waals surface area contributed by atoms with Crippen molar-refractivity contribution < 1.29 is 8.42 Å². The zero-order valence-corrected chi connectivity index (χ0v) is 23.6. The summed E-state index contributed by atoms with van der Waals surface area (Å²) in [5.41, 5.74) is 2.61. The summed E-state index contributed by atoms with van der Waals surface area (Å²) in [6, 6.07) is 4.10. The van der Waals surface area contributed by atoms with Crippen LogP contribution in [0.25, 0.3) is 16.6 Å². The lowest BCUT2D eigenvalue weighted by atomic mass is 10.0. The minimum atomic E-state index is -3.21. The SMILES string of the molecule is C=C/C=C\c1nc(-c2c(C)nc(NCc3cccs3)nc2NCCC(CC)CNS(C)(=O)=O)sc1C. The molecule has 0 aliphatic carbocycles. The van der Waals surface area contributed by atoms with Crippen molar-refractivity contribution in [1.82, 2.24) is 19.7 Å². The van der Waals surface area contributed by atoms with Crippen LogP contribution in [0.15, 0.2) is 36.2 Å². The van der Waals surface area contributed by atoms with Gasteiger partial charge in [-0.3, -0.25) is 0 Å². The summed E-state index contributed by atoms with van der Waals surface area (Å²) < 4.78 is 25.6. The summed E-state index contributed by atoms with van der Waals surface area (Å²) in [6.45, 7) is 11.5. The van der Waals surface area contributed by atoms with Gasteiger partial charge in [0.2, 0.25) is 16.0 Å². The smallest absolute Gasteiger partial charge is 0.225 e. The molecular weight excluding hydrogens is 513 g/mol. The van der Waals surface area contributed by atoms with Gasteiger partial charge >= 0.3 is 0 Å². The van der Waals surface area contributed by atoms with Crippen molar-refractivity contribution in [3.05, 3.63) is 57.4 Å². The number of nitrogens with zero attached hydrogens (tertiary/aromatic N) is 3. The third-order valence-electron chi connectivity index (χ3n) is 5.58. The molecule has 0 fully saturated rings. The number of allylic oxidation sites excluding steroid dienone is 2. The molecule has 3 rings (SSSR count). The molecule has 3 heterocycles. The van der Waals surface area contributed by atoms with E-state index in [0.717, 1.165) is 45.5 Å². The van der Waals surface area contributed by atoms with Gasteiger partial charge in [0.05, 0.1) is 29.8 Å². The van der Waals surface area contributed by atoms with E-state index in [1.54, 1.807) is 28.7 Å². The molecule has 0 bridgehead atoms. The maximum Gasteiger partial charge on any atom is 0.225 e. The number of thiophene rings is 1. The molecule has 36 heavy (non-hydrogen) atoms. The van der Waals surface area contributed by atoms with Crippen LogP contribution in [0.2, 0.25) is 0 Å². The molecule has 3 aromatic rings. The molecule has 0 radical (unpaired) electrons. The number of sulfonamides is 1. The Bertz CT molecular complexity index is 1280. The van der Waals surface area contributed by atoms with Crippen LogP contribution in [0.4, 0.5) is 11.8 Å². The van der Waals surface area contributed by atoms with Gasteiger partial charge in [-0.15, -0.1) is 22.7 Å². The predicted octanol–water partition coefficient (Wildman–Crippen LogP) is 5.47. The van der Waals surface area contributed by atoms with Crippen LogP contribution in [-0.4, -0.2) is 42.7 Å². The summed E-state index contributed by atoms with van der Waals surface area (Å²) in [5.74, 6) is 1.49. The predicted molar refractivity (Wildman–Crippen MR) is 153 cm³/mol. The minimum Gasteiger partial charge on any atom is -0.369 e. The number of hydrogen-bond acceptors (Lipinski definition) is 9. The molecule has 0 aliphatic heterocycles. The van der Waals surface area contributed by atoms with Gasteiger partial charge in [0, 0.05) is 22.8 Å². The summed E-state index contributed by atoms with van der Waals surface area (Å²) >= 11 is 3.29. The highest BCUT2D eigenvalue weighted by atomic mass is 32.2. The van der Waals surface area contributed by atoms with Gasteiger partial charge in [0.15, 0.2) is 0 Å². The van der Waals surface area contributed by atoms with E-state index in [4.69, 9.17) is 15.0 Å². The first-order valence-electron chi connectivity index (χ1n) is 11.8. The van der Waals surface area contributed by atoms with Gasteiger partial charge in [-0.05, 0) is 43.7 Å². The van der Waals surface area contributed by atoms with E-state index in [1.807, 2.05) is 37.4 Å². The lowest BCUT2D eigenvalue weighted by Crippen LogP contribution is -2.29. The van der Waals surface area contributed by atoms with E-state index in [0.29, 0.717) is 25.6 Å². The van der Waals surface area contributed by atoms with Crippen molar-refractivity contribution in [1.29, 1.82) is 0 Å². The fourth-order valence-corrected chi connectivity index (χ4v) is 5.74. The van der Waals surface area contributed by atoms with Crippen LogP contribution in [-0.2, 0) is 16.6 Å². The van der Waals surface area contributed by atoms with Crippen LogP contribution in [0, 0.1) is 19.8 Å². The van der Waals surface area contributed by atoms with Crippen molar-refractivity contribution in [3.8, 4) is 10.6 Å². The Morgan fingerprint density at radius 2 is 2.00 bits per heavy atom.